The largest absolute Gasteiger partial charge is 0.339 e. The lowest BCUT2D eigenvalue weighted by atomic mass is 10.2. The zero-order chi connectivity index (χ0) is 16.2. The summed E-state index contributed by atoms with van der Waals surface area (Å²) in [5.74, 6) is 0.809. The van der Waals surface area contributed by atoms with E-state index >= 15 is 0 Å². The van der Waals surface area contributed by atoms with Gasteiger partial charge in [0, 0.05) is 22.5 Å². The molecular weight excluding hydrogens is 319 g/mol. The highest BCUT2D eigenvalue weighted by molar-refractivity contribution is 7.19. The predicted octanol–water partition coefficient (Wildman–Crippen LogP) is 2.77. The Morgan fingerprint density at radius 1 is 1.35 bits per heavy atom. The molecular formula is C15H15FN4O2S. The van der Waals surface area contributed by atoms with Crippen LogP contribution in [0.15, 0.2) is 28.8 Å². The van der Waals surface area contributed by atoms with Gasteiger partial charge in [0.2, 0.25) is 5.89 Å². The van der Waals surface area contributed by atoms with Crippen molar-refractivity contribution in [2.45, 2.75) is 19.9 Å². The molecule has 6 nitrogen and oxygen atoms in total. The summed E-state index contributed by atoms with van der Waals surface area (Å²) >= 11 is 1.53. The molecule has 0 aliphatic rings. The second-order valence-electron chi connectivity index (χ2n) is 4.99. The third kappa shape index (κ3) is 4.04. The summed E-state index contributed by atoms with van der Waals surface area (Å²) in [5, 5.41) is 10.0. The van der Waals surface area contributed by atoms with Crippen molar-refractivity contribution in [1.29, 1.82) is 0 Å². The molecule has 3 rings (SSSR count). The molecule has 0 spiro atoms. The monoisotopic (exact) mass is 334 g/mol. The van der Waals surface area contributed by atoms with Gasteiger partial charge in [0.05, 0.1) is 6.54 Å². The molecule has 0 aliphatic heterocycles. The van der Waals surface area contributed by atoms with Crippen LogP contribution in [0.1, 0.15) is 16.6 Å². The number of fused-ring (bicyclic) bond motifs is 1. The topological polar surface area (TPSA) is 80.0 Å². The summed E-state index contributed by atoms with van der Waals surface area (Å²) in [5.41, 5.74) is 0. The van der Waals surface area contributed by atoms with Crippen LogP contribution < -0.4 is 10.6 Å². The number of urea groups is 1. The van der Waals surface area contributed by atoms with Gasteiger partial charge in [-0.2, -0.15) is 4.98 Å². The van der Waals surface area contributed by atoms with Gasteiger partial charge >= 0.3 is 6.03 Å². The third-order valence-electron chi connectivity index (χ3n) is 3.15. The van der Waals surface area contributed by atoms with Gasteiger partial charge in [-0.3, -0.25) is 0 Å². The fraction of sp³-hybridized carbons (Fsp3) is 0.267. The number of carbonyl (C=O) groups is 1. The Balaban J connectivity index is 1.46. The molecule has 0 atom stereocenters. The SMILES string of the molecule is Cc1noc(CCNC(=O)NCc2cc3cc(F)ccc3s2)n1. The van der Waals surface area contributed by atoms with Gasteiger partial charge in [0.1, 0.15) is 5.82 Å². The lowest BCUT2D eigenvalue weighted by Crippen LogP contribution is -2.36. The molecule has 2 N–H and O–H groups in total. The number of hydrogen-bond acceptors (Lipinski definition) is 5. The summed E-state index contributed by atoms with van der Waals surface area (Å²) in [6.07, 6.45) is 0.483. The molecule has 1 aromatic carbocycles. The van der Waals surface area contributed by atoms with Crippen LogP contribution in [0.5, 0.6) is 0 Å². The van der Waals surface area contributed by atoms with E-state index in [2.05, 4.69) is 20.8 Å². The Morgan fingerprint density at radius 2 is 2.22 bits per heavy atom. The van der Waals surface area contributed by atoms with Crippen LogP contribution in [-0.2, 0) is 13.0 Å². The van der Waals surface area contributed by atoms with E-state index in [0.29, 0.717) is 31.2 Å². The van der Waals surface area contributed by atoms with E-state index < -0.39 is 0 Å². The first-order valence-electron chi connectivity index (χ1n) is 7.09. The summed E-state index contributed by atoms with van der Waals surface area (Å²) in [4.78, 5) is 16.8. The van der Waals surface area contributed by atoms with Gasteiger partial charge in [-0.15, -0.1) is 11.3 Å². The molecule has 0 unspecified atom stereocenters. The molecule has 2 heterocycles. The van der Waals surface area contributed by atoms with Gasteiger partial charge in [0.25, 0.3) is 0 Å². The number of halogens is 1. The number of benzene rings is 1. The van der Waals surface area contributed by atoms with Gasteiger partial charge in [-0.05, 0) is 36.6 Å². The zero-order valence-electron chi connectivity index (χ0n) is 12.4. The van der Waals surface area contributed by atoms with E-state index in [9.17, 15) is 9.18 Å². The van der Waals surface area contributed by atoms with Crippen LogP contribution in [0, 0.1) is 12.7 Å². The molecule has 0 radical (unpaired) electrons. The predicted molar refractivity (Wildman–Crippen MR) is 84.8 cm³/mol. The molecule has 2 aromatic heterocycles. The van der Waals surface area contributed by atoms with E-state index in [1.165, 1.54) is 23.5 Å². The molecule has 0 saturated heterocycles. The number of rotatable bonds is 5. The minimum atomic E-state index is -0.273. The van der Waals surface area contributed by atoms with Gasteiger partial charge < -0.3 is 15.2 Å². The molecule has 0 saturated carbocycles. The summed E-state index contributed by atoms with van der Waals surface area (Å²) < 4.78 is 19.1. The number of nitrogens with zero attached hydrogens (tertiary/aromatic N) is 2. The maximum Gasteiger partial charge on any atom is 0.315 e. The Kier molecular flexibility index (Phi) is 4.52. The summed E-state index contributed by atoms with van der Waals surface area (Å²) in [6, 6.07) is 6.27. The van der Waals surface area contributed by atoms with Crippen molar-refractivity contribution < 1.29 is 13.7 Å². The highest BCUT2D eigenvalue weighted by Crippen LogP contribution is 2.26. The van der Waals surface area contributed by atoms with Crippen LogP contribution in [0.25, 0.3) is 10.1 Å². The normalized spacial score (nSPS) is 10.9. The average molecular weight is 334 g/mol. The zero-order valence-corrected chi connectivity index (χ0v) is 13.2. The van der Waals surface area contributed by atoms with E-state index in [1.54, 1.807) is 13.0 Å². The van der Waals surface area contributed by atoms with E-state index in [0.717, 1.165) is 15.0 Å². The Labute approximate surface area is 135 Å². The highest BCUT2D eigenvalue weighted by atomic mass is 32.1. The average Bonchev–Trinajstić information content (AvgIpc) is 3.10. The standard InChI is InChI=1S/C15H15FN4O2S/c1-9-19-14(22-20-9)4-5-17-15(21)18-8-12-7-10-6-11(16)2-3-13(10)23-12/h2-3,6-7H,4-5,8H2,1H3,(H2,17,18,21). The molecule has 0 bridgehead atoms. The van der Waals surface area contributed by atoms with E-state index in [1.807, 2.05) is 6.07 Å². The molecule has 0 aliphatic carbocycles. The summed E-state index contributed by atoms with van der Waals surface area (Å²) in [7, 11) is 0. The maximum absolute atomic E-state index is 13.1. The van der Waals surface area contributed by atoms with Crippen molar-refractivity contribution in [3.63, 3.8) is 0 Å². The van der Waals surface area contributed by atoms with Crippen molar-refractivity contribution in [3.8, 4) is 0 Å². The van der Waals surface area contributed by atoms with Gasteiger partial charge in [-0.1, -0.05) is 5.16 Å². The van der Waals surface area contributed by atoms with Crippen LogP contribution in [0.2, 0.25) is 0 Å². The Hall–Kier alpha value is -2.48. The summed E-state index contributed by atoms with van der Waals surface area (Å²) in [6.45, 7) is 2.54. The number of amides is 2. The minimum Gasteiger partial charge on any atom is -0.339 e. The van der Waals surface area contributed by atoms with Crippen LogP contribution in [0.4, 0.5) is 9.18 Å². The van der Waals surface area contributed by atoms with Crippen molar-refractivity contribution >= 4 is 27.5 Å². The smallest absolute Gasteiger partial charge is 0.315 e. The van der Waals surface area contributed by atoms with Crippen LogP contribution in [-0.4, -0.2) is 22.7 Å². The number of hydrogen-bond donors (Lipinski definition) is 2. The fourth-order valence-corrected chi connectivity index (χ4v) is 3.10. The van der Waals surface area contributed by atoms with E-state index in [-0.39, 0.29) is 11.8 Å². The van der Waals surface area contributed by atoms with Crippen molar-refractivity contribution in [2.75, 3.05) is 6.54 Å². The van der Waals surface area contributed by atoms with Crippen molar-refractivity contribution in [1.82, 2.24) is 20.8 Å². The molecule has 8 heteroatoms. The third-order valence-corrected chi connectivity index (χ3v) is 4.26. The molecule has 23 heavy (non-hydrogen) atoms. The molecule has 120 valence electrons. The number of aryl methyl sites for hydroxylation is 1. The first-order chi connectivity index (χ1) is 11.1. The Bertz CT molecular complexity index is 830. The minimum absolute atomic E-state index is 0.260. The number of nitrogens with one attached hydrogen (secondary N) is 2. The maximum atomic E-state index is 13.1. The van der Waals surface area contributed by atoms with Crippen LogP contribution >= 0.6 is 11.3 Å². The lowest BCUT2D eigenvalue weighted by molar-refractivity contribution is 0.240. The lowest BCUT2D eigenvalue weighted by Gasteiger charge is -2.04. The molecule has 0 fully saturated rings. The molecule has 2 amide bonds. The van der Waals surface area contributed by atoms with Crippen LogP contribution in [0.3, 0.4) is 0 Å². The van der Waals surface area contributed by atoms with Crippen molar-refractivity contribution in [3.05, 3.63) is 46.7 Å². The van der Waals surface area contributed by atoms with Gasteiger partial charge in [-0.25, -0.2) is 9.18 Å². The fourth-order valence-electron chi connectivity index (χ4n) is 2.11. The molecule has 3 aromatic rings. The number of carbonyl (C=O) groups excluding carboxylic acids is 1. The van der Waals surface area contributed by atoms with Gasteiger partial charge in [0.15, 0.2) is 5.82 Å². The number of aromatic nitrogens is 2. The Morgan fingerprint density at radius 3 is 3.00 bits per heavy atom. The second-order valence-corrected chi connectivity index (χ2v) is 6.16. The number of thiophene rings is 1. The second kappa shape index (κ2) is 6.74. The first-order valence-corrected chi connectivity index (χ1v) is 7.90. The van der Waals surface area contributed by atoms with E-state index in [4.69, 9.17) is 4.52 Å². The van der Waals surface area contributed by atoms with Crippen molar-refractivity contribution in [2.24, 2.45) is 0 Å². The quantitative estimate of drug-likeness (QED) is 0.752. The first kappa shape index (κ1) is 15.4. The highest BCUT2D eigenvalue weighted by Gasteiger charge is 2.06.